The Morgan fingerprint density at radius 1 is 0.938 bits per heavy atom. The highest BCUT2D eigenvalue weighted by Gasteiger charge is 2.15. The van der Waals surface area contributed by atoms with Crippen LogP contribution >= 0.6 is 0 Å². The van der Waals surface area contributed by atoms with Crippen molar-refractivity contribution < 1.29 is 10.2 Å². The number of hydrogen-bond donors (Lipinski definition) is 2. The van der Waals surface area contributed by atoms with Crippen LogP contribution in [0.2, 0.25) is 0 Å². The van der Waals surface area contributed by atoms with Crippen LogP contribution in [0.4, 0.5) is 0 Å². The third-order valence-electron chi connectivity index (χ3n) is 2.84. The van der Waals surface area contributed by atoms with Crippen molar-refractivity contribution >= 4 is 10.8 Å². The van der Waals surface area contributed by atoms with Gasteiger partial charge in [0.25, 0.3) is 0 Å². The van der Waals surface area contributed by atoms with Crippen molar-refractivity contribution in [2.24, 2.45) is 0 Å². The average molecular weight is 216 g/mol. The van der Waals surface area contributed by atoms with Gasteiger partial charge in [0, 0.05) is 5.39 Å². The molecule has 2 nitrogen and oxygen atoms in total. The molecule has 0 saturated heterocycles. The van der Waals surface area contributed by atoms with Crippen molar-refractivity contribution in [1.29, 1.82) is 0 Å². The largest absolute Gasteiger partial charge is 0.504 e. The Hall–Kier alpha value is -1.70. The molecule has 0 fully saturated rings. The second-order valence-corrected chi connectivity index (χ2v) is 5.12. The van der Waals surface area contributed by atoms with Gasteiger partial charge in [-0.15, -0.1) is 0 Å². The Morgan fingerprint density at radius 3 is 2.19 bits per heavy atom. The van der Waals surface area contributed by atoms with Crippen molar-refractivity contribution in [3.8, 4) is 11.5 Å². The highest BCUT2D eigenvalue weighted by Crippen LogP contribution is 2.35. The van der Waals surface area contributed by atoms with E-state index in [2.05, 4.69) is 26.8 Å². The van der Waals surface area contributed by atoms with Crippen LogP contribution < -0.4 is 0 Å². The molecule has 0 radical (unpaired) electrons. The van der Waals surface area contributed by atoms with E-state index in [1.807, 2.05) is 12.1 Å². The number of fused-ring (bicyclic) bond motifs is 1. The Morgan fingerprint density at radius 2 is 1.56 bits per heavy atom. The molecule has 2 N–H and O–H groups in total. The molecule has 0 bridgehead atoms. The minimum Gasteiger partial charge on any atom is -0.504 e. The van der Waals surface area contributed by atoms with Crippen molar-refractivity contribution in [2.75, 3.05) is 0 Å². The van der Waals surface area contributed by atoms with Crippen molar-refractivity contribution in [1.82, 2.24) is 0 Å². The van der Waals surface area contributed by atoms with Crippen LogP contribution in [-0.2, 0) is 5.41 Å². The Bertz CT molecular complexity index is 536. The Labute approximate surface area is 95.2 Å². The van der Waals surface area contributed by atoms with E-state index >= 15 is 0 Å². The first-order valence-corrected chi connectivity index (χ1v) is 5.35. The molecule has 0 atom stereocenters. The minimum absolute atomic E-state index is 0.0338. The van der Waals surface area contributed by atoms with Gasteiger partial charge in [0.1, 0.15) is 0 Å². The molecule has 0 unspecified atom stereocenters. The molecule has 2 aromatic rings. The molecular weight excluding hydrogens is 200 g/mol. The number of aromatic hydroxyl groups is 2. The highest BCUT2D eigenvalue weighted by atomic mass is 16.3. The number of phenols is 2. The maximum absolute atomic E-state index is 9.80. The molecule has 0 aliphatic rings. The monoisotopic (exact) mass is 216 g/mol. The predicted molar refractivity (Wildman–Crippen MR) is 66.0 cm³/mol. The molecule has 2 heteroatoms. The number of hydrogen-bond acceptors (Lipinski definition) is 2. The third kappa shape index (κ3) is 1.71. The molecule has 0 heterocycles. The van der Waals surface area contributed by atoms with Crippen LogP contribution in [0.3, 0.4) is 0 Å². The normalized spacial score (nSPS) is 11.9. The zero-order valence-electron chi connectivity index (χ0n) is 9.78. The van der Waals surface area contributed by atoms with E-state index in [-0.39, 0.29) is 16.9 Å². The minimum atomic E-state index is -0.0708. The van der Waals surface area contributed by atoms with Gasteiger partial charge in [-0.25, -0.2) is 0 Å². The summed E-state index contributed by atoms with van der Waals surface area (Å²) >= 11 is 0. The van der Waals surface area contributed by atoms with Gasteiger partial charge in [0.2, 0.25) is 0 Å². The van der Waals surface area contributed by atoms with E-state index in [9.17, 15) is 10.2 Å². The van der Waals surface area contributed by atoms with Gasteiger partial charge in [0.05, 0.1) is 0 Å². The van der Waals surface area contributed by atoms with Gasteiger partial charge in [-0.05, 0) is 28.5 Å². The summed E-state index contributed by atoms with van der Waals surface area (Å²) in [6.07, 6.45) is 0. The van der Waals surface area contributed by atoms with Crippen molar-refractivity contribution in [3.05, 3.63) is 35.9 Å². The maximum Gasteiger partial charge on any atom is 0.165 e. The van der Waals surface area contributed by atoms with Gasteiger partial charge in [-0.1, -0.05) is 39.0 Å². The van der Waals surface area contributed by atoms with Crippen LogP contribution in [0.1, 0.15) is 26.3 Å². The smallest absolute Gasteiger partial charge is 0.165 e. The first-order chi connectivity index (χ1) is 7.39. The first-order valence-electron chi connectivity index (χ1n) is 5.35. The molecule has 0 aliphatic carbocycles. The summed E-state index contributed by atoms with van der Waals surface area (Å²) < 4.78 is 0. The number of benzene rings is 2. The predicted octanol–water partition coefficient (Wildman–Crippen LogP) is 3.55. The van der Waals surface area contributed by atoms with E-state index in [4.69, 9.17) is 0 Å². The summed E-state index contributed by atoms with van der Waals surface area (Å²) in [4.78, 5) is 0. The molecule has 0 saturated carbocycles. The van der Waals surface area contributed by atoms with Crippen LogP contribution in [0.5, 0.6) is 11.5 Å². The van der Waals surface area contributed by atoms with Crippen LogP contribution in [-0.4, -0.2) is 10.2 Å². The Balaban J connectivity index is 2.74. The Kier molecular flexibility index (Phi) is 2.30. The van der Waals surface area contributed by atoms with Gasteiger partial charge >= 0.3 is 0 Å². The van der Waals surface area contributed by atoms with Gasteiger partial charge in [-0.3, -0.25) is 0 Å². The lowest BCUT2D eigenvalue weighted by molar-refractivity contribution is 0.408. The van der Waals surface area contributed by atoms with Crippen LogP contribution in [0.25, 0.3) is 10.8 Å². The maximum atomic E-state index is 9.80. The van der Waals surface area contributed by atoms with Gasteiger partial charge in [0.15, 0.2) is 11.5 Å². The van der Waals surface area contributed by atoms with Gasteiger partial charge < -0.3 is 10.2 Å². The summed E-state index contributed by atoms with van der Waals surface area (Å²) in [7, 11) is 0. The fourth-order valence-corrected chi connectivity index (χ4v) is 1.76. The van der Waals surface area contributed by atoms with Crippen LogP contribution in [0, 0.1) is 0 Å². The quantitative estimate of drug-likeness (QED) is 0.661. The summed E-state index contributed by atoms with van der Waals surface area (Å²) in [5, 5.41) is 20.9. The summed E-state index contributed by atoms with van der Waals surface area (Å²) in [6.45, 7) is 6.36. The third-order valence-corrected chi connectivity index (χ3v) is 2.84. The van der Waals surface area contributed by atoms with Gasteiger partial charge in [-0.2, -0.15) is 0 Å². The highest BCUT2D eigenvalue weighted by molar-refractivity contribution is 5.91. The second kappa shape index (κ2) is 3.41. The fourth-order valence-electron chi connectivity index (χ4n) is 1.76. The van der Waals surface area contributed by atoms with E-state index in [0.717, 1.165) is 10.9 Å². The lowest BCUT2D eigenvalue weighted by Gasteiger charge is -2.19. The average Bonchev–Trinajstić information content (AvgIpc) is 2.22. The van der Waals surface area contributed by atoms with Crippen molar-refractivity contribution in [2.45, 2.75) is 26.2 Å². The van der Waals surface area contributed by atoms with Crippen LogP contribution in [0.15, 0.2) is 30.3 Å². The lowest BCUT2D eigenvalue weighted by Crippen LogP contribution is -2.10. The summed E-state index contributed by atoms with van der Waals surface area (Å²) in [5.74, 6) is -0.109. The van der Waals surface area contributed by atoms with E-state index < -0.39 is 0 Å². The summed E-state index contributed by atoms with van der Waals surface area (Å²) in [5.41, 5.74) is 1.17. The first kappa shape index (κ1) is 10.8. The molecule has 16 heavy (non-hydrogen) atoms. The van der Waals surface area contributed by atoms with Crippen molar-refractivity contribution in [3.63, 3.8) is 0 Å². The molecule has 2 rings (SSSR count). The summed E-state index contributed by atoms with van der Waals surface area (Å²) in [6, 6.07) is 9.27. The molecule has 0 amide bonds. The molecule has 0 spiro atoms. The van der Waals surface area contributed by atoms with E-state index in [0.29, 0.717) is 5.39 Å². The molecule has 0 aliphatic heterocycles. The second-order valence-electron chi connectivity index (χ2n) is 5.12. The SMILES string of the molecule is CC(C)(C)c1ccc2ccc(O)c(O)c2c1. The zero-order chi connectivity index (χ0) is 11.9. The zero-order valence-corrected chi connectivity index (χ0v) is 9.78. The standard InChI is InChI=1S/C14H16O2/c1-14(2,3)10-6-4-9-5-7-12(15)13(16)11(9)8-10/h4-8,15-16H,1-3H3. The lowest BCUT2D eigenvalue weighted by atomic mass is 9.86. The number of phenolic OH excluding ortho intramolecular Hbond substituents is 2. The number of rotatable bonds is 0. The topological polar surface area (TPSA) is 40.5 Å². The molecule has 0 aromatic heterocycles. The van der Waals surface area contributed by atoms with E-state index in [1.54, 1.807) is 6.07 Å². The van der Waals surface area contributed by atoms with E-state index in [1.165, 1.54) is 6.07 Å². The fraction of sp³-hybridized carbons (Fsp3) is 0.286. The molecule has 84 valence electrons. The molecule has 2 aromatic carbocycles. The molecular formula is C14H16O2.